The molecule has 3 rings (SSSR count). The molecule has 0 aliphatic carbocycles. The van der Waals surface area contributed by atoms with E-state index in [0.29, 0.717) is 32.8 Å². The molecule has 0 fully saturated rings. The van der Waals surface area contributed by atoms with E-state index in [2.05, 4.69) is 14.3 Å². The monoisotopic (exact) mass is 387 g/mol. The number of ether oxygens (including phenoxy) is 2. The van der Waals surface area contributed by atoms with Crippen LogP contribution in [0.5, 0.6) is 11.5 Å². The third-order valence-corrected chi connectivity index (χ3v) is 5.66. The predicted octanol–water partition coefficient (Wildman–Crippen LogP) is 1.12. The molecule has 2 aromatic carbocycles. The van der Waals surface area contributed by atoms with E-state index in [-0.39, 0.29) is 5.82 Å². The van der Waals surface area contributed by atoms with Gasteiger partial charge in [-0.1, -0.05) is 12.1 Å². The average Bonchev–Trinajstić information content (AvgIpc) is 2.67. The number of fused-ring (bicyclic) bond motifs is 1. The van der Waals surface area contributed by atoms with Gasteiger partial charge in [-0.3, -0.25) is 0 Å². The van der Waals surface area contributed by atoms with Crippen molar-refractivity contribution in [1.82, 2.24) is 9.97 Å². The van der Waals surface area contributed by atoms with Gasteiger partial charge in [-0.2, -0.15) is 4.36 Å². The van der Waals surface area contributed by atoms with Gasteiger partial charge in [-0.25, -0.2) is 14.2 Å². The van der Waals surface area contributed by atoms with Crippen molar-refractivity contribution in [1.29, 1.82) is 0 Å². The summed E-state index contributed by atoms with van der Waals surface area (Å²) in [5, 5.41) is 18.9. The first-order valence-electron chi connectivity index (χ1n) is 7.90. The Morgan fingerprint density at radius 3 is 2.26 bits per heavy atom. The topological polar surface area (TPSA) is 114 Å². The Bertz CT molecular complexity index is 1100. The van der Waals surface area contributed by atoms with Gasteiger partial charge in [-0.15, -0.1) is 0 Å². The van der Waals surface area contributed by atoms with Crippen molar-refractivity contribution in [2.45, 2.75) is 4.90 Å². The van der Waals surface area contributed by atoms with Gasteiger partial charge >= 0.3 is 7.12 Å². The number of rotatable bonds is 5. The summed E-state index contributed by atoms with van der Waals surface area (Å²) in [5.41, 5.74) is 0.883. The summed E-state index contributed by atoms with van der Waals surface area (Å²) in [6.07, 6.45) is 2.83. The molecule has 0 spiro atoms. The third-order valence-electron chi connectivity index (χ3n) is 4.00. The fourth-order valence-electron chi connectivity index (χ4n) is 2.55. The smallest absolute Gasteiger partial charge is 0.488 e. The van der Waals surface area contributed by atoms with Crippen molar-refractivity contribution in [2.75, 3.05) is 20.5 Å². The molecule has 0 aliphatic rings. The summed E-state index contributed by atoms with van der Waals surface area (Å²) in [6, 6.07) is 9.47. The zero-order chi connectivity index (χ0) is 19.6. The highest BCUT2D eigenvalue weighted by Gasteiger charge is 2.15. The number of nitrogens with zero attached hydrogens (tertiary/aromatic N) is 3. The minimum Gasteiger partial charge on any atom is -0.493 e. The van der Waals surface area contributed by atoms with Crippen LogP contribution < -0.4 is 14.9 Å². The quantitative estimate of drug-likeness (QED) is 0.631. The van der Waals surface area contributed by atoms with Gasteiger partial charge in [0.2, 0.25) is 0 Å². The maximum atomic E-state index is 13.2. The van der Waals surface area contributed by atoms with Crippen LogP contribution in [0.25, 0.3) is 10.9 Å². The maximum Gasteiger partial charge on any atom is 0.488 e. The summed E-state index contributed by atoms with van der Waals surface area (Å²) in [5.74, 6) is 1.27. The van der Waals surface area contributed by atoms with E-state index in [4.69, 9.17) is 9.47 Å². The number of hydrogen-bond donors (Lipinski definition) is 2. The van der Waals surface area contributed by atoms with Gasteiger partial charge in [0.1, 0.15) is 6.33 Å². The van der Waals surface area contributed by atoms with Crippen molar-refractivity contribution in [2.24, 2.45) is 4.36 Å². The predicted molar refractivity (Wildman–Crippen MR) is 103 cm³/mol. The van der Waals surface area contributed by atoms with Crippen molar-refractivity contribution in [3.8, 4) is 11.5 Å². The normalized spacial score (nSPS) is 13.1. The number of hydrogen-bond acceptors (Lipinski definition) is 8. The lowest BCUT2D eigenvalue weighted by molar-refractivity contribution is 0.356. The standard InChI is InChI=1S/C17H18BN3O5S/c1-25-15-8-13-14(9-16(15)26-2)19-10-20-17(13)21-27(3,24)12-6-4-11(5-7-12)18(22)23/h4-10,22-23H,1-3H3. The average molecular weight is 387 g/mol. The second-order valence-corrected chi connectivity index (χ2v) is 8.02. The van der Waals surface area contributed by atoms with Crippen molar-refractivity contribution in [3.63, 3.8) is 0 Å². The molecule has 27 heavy (non-hydrogen) atoms. The molecule has 1 aromatic heterocycles. The van der Waals surface area contributed by atoms with Gasteiger partial charge in [0.15, 0.2) is 17.3 Å². The van der Waals surface area contributed by atoms with Crippen LogP contribution in [0.1, 0.15) is 0 Å². The van der Waals surface area contributed by atoms with Crippen LogP contribution in [0.15, 0.2) is 52.0 Å². The van der Waals surface area contributed by atoms with Gasteiger partial charge < -0.3 is 19.5 Å². The van der Waals surface area contributed by atoms with E-state index >= 15 is 0 Å². The van der Waals surface area contributed by atoms with E-state index in [1.165, 1.54) is 38.9 Å². The van der Waals surface area contributed by atoms with Crippen molar-refractivity contribution in [3.05, 3.63) is 42.7 Å². The highest BCUT2D eigenvalue weighted by Crippen LogP contribution is 2.35. The summed E-state index contributed by atoms with van der Waals surface area (Å²) in [6.45, 7) is 0. The van der Waals surface area contributed by atoms with Gasteiger partial charge in [0.05, 0.1) is 29.5 Å². The Morgan fingerprint density at radius 1 is 1.04 bits per heavy atom. The fourth-order valence-corrected chi connectivity index (χ4v) is 3.77. The molecule has 0 aliphatic heterocycles. The van der Waals surface area contributed by atoms with Crippen LogP contribution in [0.4, 0.5) is 5.82 Å². The lowest BCUT2D eigenvalue weighted by Crippen LogP contribution is -2.29. The van der Waals surface area contributed by atoms with Crippen LogP contribution in [0.2, 0.25) is 0 Å². The molecule has 0 saturated heterocycles. The number of aromatic nitrogens is 2. The van der Waals surface area contributed by atoms with E-state index < -0.39 is 16.8 Å². The Morgan fingerprint density at radius 2 is 1.67 bits per heavy atom. The Balaban J connectivity index is 2.14. The SMILES string of the molecule is COc1cc2ncnc(N=S(C)(=O)c3ccc(B(O)O)cc3)c2cc1OC. The van der Waals surface area contributed by atoms with E-state index in [1.807, 2.05) is 0 Å². The first-order chi connectivity index (χ1) is 12.9. The summed E-state index contributed by atoms with van der Waals surface area (Å²) >= 11 is 0. The summed E-state index contributed by atoms with van der Waals surface area (Å²) < 4.78 is 28.1. The Labute approximate surface area is 157 Å². The molecule has 2 N–H and O–H groups in total. The van der Waals surface area contributed by atoms with Crippen LogP contribution in [0, 0.1) is 0 Å². The molecule has 140 valence electrons. The van der Waals surface area contributed by atoms with Crippen LogP contribution in [-0.2, 0) is 9.73 Å². The first-order valence-corrected chi connectivity index (χ1v) is 9.83. The lowest BCUT2D eigenvalue weighted by Gasteiger charge is -2.10. The van der Waals surface area contributed by atoms with Gasteiger partial charge in [-0.05, 0) is 23.7 Å². The molecule has 3 aromatic rings. The molecule has 0 radical (unpaired) electrons. The fraction of sp³-hybridized carbons (Fsp3) is 0.176. The van der Waals surface area contributed by atoms with Crippen LogP contribution >= 0.6 is 0 Å². The molecule has 1 unspecified atom stereocenters. The summed E-state index contributed by atoms with van der Waals surface area (Å²) in [7, 11) is -1.37. The minimum atomic E-state index is -2.83. The van der Waals surface area contributed by atoms with Gasteiger partial charge in [0.25, 0.3) is 0 Å². The highest BCUT2D eigenvalue weighted by atomic mass is 32.2. The van der Waals surface area contributed by atoms with E-state index in [0.717, 1.165) is 0 Å². The molecule has 1 heterocycles. The Kier molecular flexibility index (Phi) is 5.31. The highest BCUT2D eigenvalue weighted by molar-refractivity contribution is 7.93. The van der Waals surface area contributed by atoms with Crippen molar-refractivity contribution >= 4 is 39.0 Å². The molecule has 10 heteroatoms. The van der Waals surface area contributed by atoms with Crippen LogP contribution in [0.3, 0.4) is 0 Å². The zero-order valence-corrected chi connectivity index (χ0v) is 15.8. The maximum absolute atomic E-state index is 13.2. The zero-order valence-electron chi connectivity index (χ0n) is 15.0. The largest absolute Gasteiger partial charge is 0.493 e. The molecule has 0 bridgehead atoms. The second kappa shape index (κ2) is 7.51. The third kappa shape index (κ3) is 3.87. The second-order valence-electron chi connectivity index (χ2n) is 5.76. The molecule has 0 saturated carbocycles. The lowest BCUT2D eigenvalue weighted by atomic mass is 9.81. The van der Waals surface area contributed by atoms with Gasteiger partial charge in [0, 0.05) is 22.6 Å². The van der Waals surface area contributed by atoms with Crippen LogP contribution in [-0.4, -0.2) is 51.8 Å². The minimum absolute atomic E-state index is 0.264. The molecule has 1 atom stereocenters. The first kappa shape index (κ1) is 19.1. The molecule has 8 nitrogen and oxygen atoms in total. The number of benzene rings is 2. The van der Waals surface area contributed by atoms with E-state index in [1.54, 1.807) is 24.3 Å². The summed E-state index contributed by atoms with van der Waals surface area (Å²) in [4.78, 5) is 8.81. The van der Waals surface area contributed by atoms with Crippen molar-refractivity contribution < 1.29 is 23.7 Å². The van der Waals surface area contributed by atoms with E-state index in [9.17, 15) is 14.3 Å². The molecular weight excluding hydrogens is 369 g/mol. The number of methoxy groups -OCH3 is 2. The Hall–Kier alpha value is -2.69. The molecular formula is C17H18BN3O5S. The molecule has 0 amide bonds.